The van der Waals surface area contributed by atoms with Crippen molar-refractivity contribution in [3.05, 3.63) is 29.3 Å². The first-order valence-electron chi connectivity index (χ1n) is 6.53. The maximum atomic E-state index is 12.6. The van der Waals surface area contributed by atoms with Gasteiger partial charge in [-0.15, -0.1) is 0 Å². The van der Waals surface area contributed by atoms with Crippen LogP contribution in [0.1, 0.15) is 24.0 Å². The molecule has 2 rings (SSSR count). The van der Waals surface area contributed by atoms with Crippen molar-refractivity contribution in [2.75, 3.05) is 6.54 Å². The Labute approximate surface area is 121 Å². The number of alkyl halides is 3. The fourth-order valence-electron chi connectivity index (χ4n) is 2.14. The Kier molecular flexibility index (Phi) is 4.32. The summed E-state index contributed by atoms with van der Waals surface area (Å²) in [7, 11) is -4.15. The van der Waals surface area contributed by atoms with E-state index in [2.05, 4.69) is 0 Å². The molecule has 0 aliphatic heterocycles. The van der Waals surface area contributed by atoms with Crippen LogP contribution in [0.5, 0.6) is 0 Å². The van der Waals surface area contributed by atoms with Gasteiger partial charge in [0.25, 0.3) is 0 Å². The zero-order chi connectivity index (χ0) is 15.8. The molecule has 1 aliphatic carbocycles. The Morgan fingerprint density at radius 2 is 1.95 bits per heavy atom. The maximum absolute atomic E-state index is 12.6. The summed E-state index contributed by atoms with van der Waals surface area (Å²) in [5.74, 6) is 0. The van der Waals surface area contributed by atoms with Crippen LogP contribution in [0.25, 0.3) is 0 Å². The van der Waals surface area contributed by atoms with Crippen LogP contribution in [0.15, 0.2) is 23.1 Å². The highest BCUT2D eigenvalue weighted by molar-refractivity contribution is 7.89. The molecule has 0 saturated heterocycles. The third-order valence-electron chi connectivity index (χ3n) is 3.43. The van der Waals surface area contributed by atoms with Gasteiger partial charge in [-0.1, -0.05) is 6.07 Å². The van der Waals surface area contributed by atoms with Gasteiger partial charge in [0.2, 0.25) is 10.0 Å². The zero-order valence-corrected chi connectivity index (χ0v) is 12.3. The van der Waals surface area contributed by atoms with Crippen molar-refractivity contribution in [3.8, 4) is 0 Å². The van der Waals surface area contributed by atoms with Gasteiger partial charge >= 0.3 is 6.18 Å². The molecule has 8 heteroatoms. The van der Waals surface area contributed by atoms with E-state index in [1.807, 2.05) is 0 Å². The maximum Gasteiger partial charge on any atom is 0.402 e. The largest absolute Gasteiger partial charge is 0.402 e. The Morgan fingerprint density at radius 1 is 1.33 bits per heavy atom. The van der Waals surface area contributed by atoms with Gasteiger partial charge in [0.05, 0.1) is 4.90 Å². The van der Waals surface area contributed by atoms with E-state index in [1.165, 1.54) is 12.1 Å². The molecular formula is C13H17F3N2O2S. The number of rotatable bonds is 5. The Morgan fingerprint density at radius 3 is 2.38 bits per heavy atom. The van der Waals surface area contributed by atoms with Crippen molar-refractivity contribution in [2.45, 2.75) is 43.4 Å². The molecule has 0 unspecified atom stereocenters. The van der Waals surface area contributed by atoms with Crippen LogP contribution in [0.4, 0.5) is 13.2 Å². The standard InChI is InChI=1S/C13H17F3N2O2S/c1-9-6-12(5-2-10(9)7-17)21(19,20)18(11-3-4-11)8-13(14,15)16/h2,5-6,11H,3-4,7-8,17H2,1H3. The van der Waals surface area contributed by atoms with Crippen LogP contribution in [0.3, 0.4) is 0 Å². The van der Waals surface area contributed by atoms with Crippen molar-refractivity contribution in [2.24, 2.45) is 5.73 Å². The van der Waals surface area contributed by atoms with Gasteiger partial charge in [0, 0.05) is 12.6 Å². The predicted octanol–water partition coefficient (Wildman–Crippen LogP) is 2.17. The van der Waals surface area contributed by atoms with Crippen molar-refractivity contribution in [1.82, 2.24) is 4.31 Å². The van der Waals surface area contributed by atoms with E-state index >= 15 is 0 Å². The van der Waals surface area contributed by atoms with Crippen LogP contribution < -0.4 is 5.73 Å². The zero-order valence-electron chi connectivity index (χ0n) is 11.5. The molecule has 0 aromatic heterocycles. The van der Waals surface area contributed by atoms with Crippen LogP contribution in [-0.4, -0.2) is 31.5 Å². The summed E-state index contributed by atoms with van der Waals surface area (Å²) in [6.07, 6.45) is -3.62. The summed E-state index contributed by atoms with van der Waals surface area (Å²) in [6, 6.07) is 3.69. The lowest BCUT2D eigenvalue weighted by Gasteiger charge is -2.23. The Balaban J connectivity index is 2.36. The molecular weight excluding hydrogens is 305 g/mol. The average Bonchev–Trinajstić information content (AvgIpc) is 3.18. The Hall–Kier alpha value is -1.12. The highest BCUT2D eigenvalue weighted by Gasteiger charge is 2.44. The number of halogens is 3. The SMILES string of the molecule is Cc1cc(S(=O)(=O)N(CC(F)(F)F)C2CC2)ccc1CN. The van der Waals surface area contributed by atoms with Gasteiger partial charge in [-0.2, -0.15) is 17.5 Å². The second-order valence-corrected chi connectivity index (χ2v) is 7.08. The van der Waals surface area contributed by atoms with Crippen molar-refractivity contribution in [1.29, 1.82) is 0 Å². The fraction of sp³-hybridized carbons (Fsp3) is 0.538. The quantitative estimate of drug-likeness (QED) is 0.903. The van der Waals surface area contributed by atoms with Gasteiger partial charge in [-0.25, -0.2) is 8.42 Å². The lowest BCUT2D eigenvalue weighted by molar-refractivity contribution is -0.137. The predicted molar refractivity (Wildman–Crippen MR) is 72.0 cm³/mol. The number of hydrogen-bond acceptors (Lipinski definition) is 3. The molecule has 0 spiro atoms. The lowest BCUT2D eigenvalue weighted by atomic mass is 10.1. The van der Waals surface area contributed by atoms with Crippen LogP contribution >= 0.6 is 0 Å². The third kappa shape index (κ3) is 3.75. The van der Waals surface area contributed by atoms with Crippen molar-refractivity contribution >= 4 is 10.0 Å². The topological polar surface area (TPSA) is 63.4 Å². The van der Waals surface area contributed by atoms with Crippen molar-refractivity contribution < 1.29 is 21.6 Å². The number of sulfonamides is 1. The molecule has 2 N–H and O–H groups in total. The summed E-state index contributed by atoms with van der Waals surface area (Å²) < 4.78 is 63.3. The summed E-state index contributed by atoms with van der Waals surface area (Å²) >= 11 is 0. The second-order valence-electron chi connectivity index (χ2n) is 5.19. The highest BCUT2D eigenvalue weighted by atomic mass is 32.2. The first kappa shape index (κ1) is 16.3. The molecule has 1 saturated carbocycles. The molecule has 0 heterocycles. The Bertz CT molecular complexity index is 625. The number of aryl methyl sites for hydroxylation is 1. The molecule has 21 heavy (non-hydrogen) atoms. The molecule has 0 amide bonds. The third-order valence-corrected chi connectivity index (χ3v) is 5.32. The minimum absolute atomic E-state index is 0.117. The van der Waals surface area contributed by atoms with E-state index in [4.69, 9.17) is 5.73 Å². The van der Waals surface area contributed by atoms with E-state index in [0.29, 0.717) is 22.7 Å². The van der Waals surface area contributed by atoms with Gasteiger partial charge < -0.3 is 5.73 Å². The molecule has 1 aromatic carbocycles. The number of hydrogen-bond donors (Lipinski definition) is 1. The molecule has 1 fully saturated rings. The number of nitrogens with zero attached hydrogens (tertiary/aromatic N) is 1. The monoisotopic (exact) mass is 322 g/mol. The summed E-state index contributed by atoms with van der Waals surface area (Å²) in [6.45, 7) is 0.491. The lowest BCUT2D eigenvalue weighted by Crippen LogP contribution is -2.40. The average molecular weight is 322 g/mol. The van der Waals surface area contributed by atoms with Crippen LogP contribution in [-0.2, 0) is 16.6 Å². The molecule has 0 radical (unpaired) electrons. The number of benzene rings is 1. The van der Waals surface area contributed by atoms with Gasteiger partial charge in [0.15, 0.2) is 0 Å². The van der Waals surface area contributed by atoms with E-state index in [0.717, 1.165) is 5.56 Å². The smallest absolute Gasteiger partial charge is 0.326 e. The minimum atomic E-state index is -4.55. The molecule has 1 aliphatic rings. The molecule has 118 valence electrons. The van der Waals surface area contributed by atoms with Gasteiger partial charge in [-0.05, 0) is 43.0 Å². The first-order valence-corrected chi connectivity index (χ1v) is 7.97. The summed E-state index contributed by atoms with van der Waals surface area (Å²) in [4.78, 5) is -0.117. The highest BCUT2D eigenvalue weighted by Crippen LogP contribution is 2.35. The van der Waals surface area contributed by atoms with Crippen LogP contribution in [0.2, 0.25) is 0 Å². The first-order chi connectivity index (χ1) is 9.65. The molecule has 4 nitrogen and oxygen atoms in total. The molecule has 0 atom stereocenters. The number of nitrogens with two attached hydrogens (primary N) is 1. The van der Waals surface area contributed by atoms with Crippen LogP contribution in [0, 0.1) is 6.92 Å². The molecule has 0 bridgehead atoms. The van der Waals surface area contributed by atoms with Gasteiger partial charge in [-0.3, -0.25) is 0 Å². The molecule has 1 aromatic rings. The minimum Gasteiger partial charge on any atom is -0.326 e. The fourth-order valence-corrected chi connectivity index (χ4v) is 3.90. The van der Waals surface area contributed by atoms with Gasteiger partial charge in [0.1, 0.15) is 6.54 Å². The van der Waals surface area contributed by atoms with E-state index in [9.17, 15) is 21.6 Å². The summed E-state index contributed by atoms with van der Waals surface area (Å²) in [5.41, 5.74) is 6.92. The second kappa shape index (κ2) is 5.58. The van der Waals surface area contributed by atoms with E-state index in [-0.39, 0.29) is 11.4 Å². The van der Waals surface area contributed by atoms with E-state index in [1.54, 1.807) is 13.0 Å². The van der Waals surface area contributed by atoms with Crippen molar-refractivity contribution in [3.63, 3.8) is 0 Å². The normalized spacial score (nSPS) is 16.5. The summed E-state index contributed by atoms with van der Waals surface area (Å²) in [5, 5.41) is 0. The van der Waals surface area contributed by atoms with E-state index < -0.39 is 28.8 Å².